The summed E-state index contributed by atoms with van der Waals surface area (Å²) in [6.07, 6.45) is 0. The number of rotatable bonds is 7. The summed E-state index contributed by atoms with van der Waals surface area (Å²) in [5.74, 6) is -3.12. The van der Waals surface area contributed by atoms with Crippen molar-refractivity contribution in [2.24, 2.45) is 0 Å². The number of esters is 2. The van der Waals surface area contributed by atoms with Crippen LogP contribution < -0.4 is 15.5 Å². The fourth-order valence-corrected chi connectivity index (χ4v) is 4.40. The molecular weight excluding hydrogens is 554 g/mol. The standard InChI is InChI=1S/C32H23N3O8/c1-42-31(40)19-3-10-22(11-4-19)33-27(36)18-7-14-24(15-8-18)35-29(38)25-16-9-21(17-26(25)30(35)39)28(37)34-23-12-5-20(6-13-23)32(41)43-2/h3-17H,1-2H3,(H,33,36)(H,34,37). The van der Waals surface area contributed by atoms with Gasteiger partial charge in [-0.3, -0.25) is 19.2 Å². The second kappa shape index (κ2) is 11.8. The minimum Gasteiger partial charge on any atom is -0.465 e. The SMILES string of the molecule is COC(=O)c1ccc(NC(=O)c2ccc(N3C(=O)c4ccc(C(=O)Nc5ccc(C(=O)OC)cc5)cc4C3=O)cc2)cc1. The van der Waals surface area contributed by atoms with E-state index in [0.29, 0.717) is 22.5 Å². The smallest absolute Gasteiger partial charge is 0.337 e. The lowest BCUT2D eigenvalue weighted by atomic mass is 10.1. The molecule has 4 aromatic carbocycles. The number of amides is 4. The molecule has 0 saturated carbocycles. The third-order valence-electron chi connectivity index (χ3n) is 6.66. The number of hydrogen-bond acceptors (Lipinski definition) is 8. The molecular formula is C32H23N3O8. The van der Waals surface area contributed by atoms with Crippen LogP contribution in [-0.2, 0) is 9.47 Å². The van der Waals surface area contributed by atoms with Gasteiger partial charge < -0.3 is 20.1 Å². The highest BCUT2D eigenvalue weighted by molar-refractivity contribution is 6.35. The Hall–Kier alpha value is -6.10. The number of fused-ring (bicyclic) bond motifs is 1. The summed E-state index contributed by atoms with van der Waals surface area (Å²) < 4.78 is 9.32. The summed E-state index contributed by atoms with van der Waals surface area (Å²) in [7, 11) is 2.54. The van der Waals surface area contributed by atoms with Crippen LogP contribution in [0.2, 0.25) is 0 Å². The molecule has 214 valence electrons. The van der Waals surface area contributed by atoms with Crippen molar-refractivity contribution in [1.29, 1.82) is 0 Å². The maximum atomic E-state index is 13.2. The first-order valence-electron chi connectivity index (χ1n) is 12.8. The van der Waals surface area contributed by atoms with Gasteiger partial charge in [-0.25, -0.2) is 14.5 Å². The van der Waals surface area contributed by atoms with Crippen LogP contribution in [0.5, 0.6) is 0 Å². The first-order chi connectivity index (χ1) is 20.7. The van der Waals surface area contributed by atoms with E-state index in [0.717, 1.165) is 4.90 Å². The van der Waals surface area contributed by atoms with Gasteiger partial charge in [-0.05, 0) is 91.0 Å². The van der Waals surface area contributed by atoms with E-state index in [4.69, 9.17) is 0 Å². The lowest BCUT2D eigenvalue weighted by Gasteiger charge is -2.14. The molecule has 4 aromatic rings. The topological polar surface area (TPSA) is 148 Å². The number of ether oxygens (including phenoxy) is 2. The predicted octanol–water partition coefficient (Wildman–Crippen LogP) is 4.57. The molecule has 11 heteroatoms. The van der Waals surface area contributed by atoms with E-state index >= 15 is 0 Å². The van der Waals surface area contributed by atoms with Crippen LogP contribution in [0.3, 0.4) is 0 Å². The van der Waals surface area contributed by atoms with Gasteiger partial charge in [-0.1, -0.05) is 0 Å². The molecule has 11 nitrogen and oxygen atoms in total. The Kier molecular flexibility index (Phi) is 7.79. The molecule has 1 heterocycles. The molecule has 0 aromatic heterocycles. The monoisotopic (exact) mass is 577 g/mol. The van der Waals surface area contributed by atoms with Crippen molar-refractivity contribution in [2.45, 2.75) is 0 Å². The van der Waals surface area contributed by atoms with Crippen molar-refractivity contribution in [3.8, 4) is 0 Å². The number of carbonyl (C=O) groups excluding carboxylic acids is 6. The average molecular weight is 578 g/mol. The highest BCUT2D eigenvalue weighted by Gasteiger charge is 2.37. The Bertz CT molecular complexity index is 1780. The van der Waals surface area contributed by atoms with Crippen molar-refractivity contribution < 1.29 is 38.2 Å². The van der Waals surface area contributed by atoms with E-state index in [1.807, 2.05) is 0 Å². The van der Waals surface area contributed by atoms with Crippen LogP contribution in [0.1, 0.15) is 62.1 Å². The van der Waals surface area contributed by atoms with Crippen molar-refractivity contribution in [3.05, 3.63) is 124 Å². The van der Waals surface area contributed by atoms with Crippen LogP contribution in [0, 0.1) is 0 Å². The molecule has 0 fully saturated rings. The van der Waals surface area contributed by atoms with Crippen molar-refractivity contribution in [2.75, 3.05) is 29.8 Å². The maximum absolute atomic E-state index is 13.2. The summed E-state index contributed by atoms with van der Waals surface area (Å²) in [6, 6.07) is 22.4. The second-order valence-corrected chi connectivity index (χ2v) is 9.30. The zero-order chi connectivity index (χ0) is 30.7. The maximum Gasteiger partial charge on any atom is 0.337 e. The zero-order valence-electron chi connectivity index (χ0n) is 22.9. The predicted molar refractivity (Wildman–Crippen MR) is 155 cm³/mol. The van der Waals surface area contributed by atoms with E-state index in [1.54, 1.807) is 24.3 Å². The third-order valence-corrected chi connectivity index (χ3v) is 6.66. The van der Waals surface area contributed by atoms with Gasteiger partial charge in [0.15, 0.2) is 0 Å². The van der Waals surface area contributed by atoms with Gasteiger partial charge in [0.1, 0.15) is 0 Å². The Morgan fingerprint density at radius 2 is 0.953 bits per heavy atom. The molecule has 0 aliphatic carbocycles. The molecule has 5 rings (SSSR count). The summed E-state index contributed by atoms with van der Waals surface area (Å²) in [6.45, 7) is 0. The molecule has 1 aliphatic heterocycles. The fraction of sp³-hybridized carbons (Fsp3) is 0.0625. The van der Waals surface area contributed by atoms with Gasteiger partial charge in [0.25, 0.3) is 23.6 Å². The molecule has 0 radical (unpaired) electrons. The molecule has 43 heavy (non-hydrogen) atoms. The van der Waals surface area contributed by atoms with E-state index in [2.05, 4.69) is 20.1 Å². The van der Waals surface area contributed by atoms with E-state index < -0.39 is 35.6 Å². The number of anilines is 3. The van der Waals surface area contributed by atoms with Gasteiger partial charge in [0.05, 0.1) is 42.2 Å². The normalized spacial score (nSPS) is 11.9. The van der Waals surface area contributed by atoms with Gasteiger partial charge in [0.2, 0.25) is 0 Å². The quantitative estimate of drug-likeness (QED) is 0.240. The van der Waals surface area contributed by atoms with Crippen LogP contribution in [0.15, 0.2) is 91.0 Å². The van der Waals surface area contributed by atoms with Crippen molar-refractivity contribution >= 4 is 52.6 Å². The molecule has 0 unspecified atom stereocenters. The van der Waals surface area contributed by atoms with Crippen molar-refractivity contribution in [3.63, 3.8) is 0 Å². The number of nitrogens with zero attached hydrogens (tertiary/aromatic N) is 1. The zero-order valence-corrected chi connectivity index (χ0v) is 22.9. The Balaban J connectivity index is 1.27. The van der Waals surface area contributed by atoms with Gasteiger partial charge >= 0.3 is 11.9 Å². The molecule has 0 spiro atoms. The van der Waals surface area contributed by atoms with Gasteiger partial charge in [-0.15, -0.1) is 0 Å². The molecule has 4 amide bonds. The molecule has 2 N–H and O–H groups in total. The number of benzene rings is 4. The van der Waals surface area contributed by atoms with Crippen LogP contribution in [0.4, 0.5) is 17.1 Å². The summed E-state index contributed by atoms with van der Waals surface area (Å²) >= 11 is 0. The number of imide groups is 1. The van der Waals surface area contributed by atoms with Crippen LogP contribution in [0.25, 0.3) is 0 Å². The van der Waals surface area contributed by atoms with Crippen LogP contribution in [-0.4, -0.2) is 49.8 Å². The Morgan fingerprint density at radius 3 is 1.44 bits per heavy atom. The fourth-order valence-electron chi connectivity index (χ4n) is 4.40. The van der Waals surface area contributed by atoms with Crippen LogP contribution >= 0.6 is 0 Å². The Labute approximate surface area is 245 Å². The van der Waals surface area contributed by atoms with Crippen molar-refractivity contribution in [1.82, 2.24) is 0 Å². The van der Waals surface area contributed by atoms with Gasteiger partial charge in [0, 0.05) is 22.5 Å². The Morgan fingerprint density at radius 1 is 0.535 bits per heavy atom. The largest absolute Gasteiger partial charge is 0.465 e. The highest BCUT2D eigenvalue weighted by atomic mass is 16.5. The number of carbonyl (C=O) groups is 6. The molecule has 1 aliphatic rings. The summed E-state index contributed by atoms with van der Waals surface area (Å²) in [4.78, 5) is 76.1. The van der Waals surface area contributed by atoms with Gasteiger partial charge in [-0.2, -0.15) is 0 Å². The second-order valence-electron chi connectivity index (χ2n) is 9.30. The third kappa shape index (κ3) is 5.72. The van der Waals surface area contributed by atoms with E-state index in [1.165, 1.54) is 80.9 Å². The number of hydrogen-bond donors (Lipinski definition) is 2. The van der Waals surface area contributed by atoms with E-state index in [-0.39, 0.29) is 27.9 Å². The number of methoxy groups -OCH3 is 2. The summed E-state index contributed by atoms with van der Waals surface area (Å²) in [5.41, 5.74) is 2.43. The molecule has 0 saturated heterocycles. The lowest BCUT2D eigenvalue weighted by molar-refractivity contribution is 0.0592. The highest BCUT2D eigenvalue weighted by Crippen LogP contribution is 2.30. The lowest BCUT2D eigenvalue weighted by Crippen LogP contribution is -2.29. The molecule has 0 atom stereocenters. The minimum atomic E-state index is -0.611. The summed E-state index contributed by atoms with van der Waals surface area (Å²) in [5, 5.41) is 5.40. The number of nitrogens with one attached hydrogen (secondary N) is 2. The average Bonchev–Trinajstić information content (AvgIpc) is 3.29. The van der Waals surface area contributed by atoms with E-state index in [9.17, 15) is 28.8 Å². The minimum absolute atomic E-state index is 0.0657. The first kappa shape index (κ1) is 28.4. The first-order valence-corrected chi connectivity index (χ1v) is 12.8. The molecule has 0 bridgehead atoms.